The smallest absolute Gasteiger partial charge is 0.144 e. The highest BCUT2D eigenvalue weighted by Crippen LogP contribution is 2.23. The Kier molecular flexibility index (Phi) is 2.18. The number of nitrogens with two attached hydrogens (primary N) is 1. The van der Waals surface area contributed by atoms with E-state index in [-0.39, 0.29) is 0 Å². The molecule has 68 valence electrons. The number of nitrogens with one attached hydrogen (secondary N) is 1. The Hall–Kier alpha value is -1.49. The highest BCUT2D eigenvalue weighted by Gasteiger charge is 2.21. The first-order valence-electron chi connectivity index (χ1n) is 4.21. The number of amidine groups is 1. The van der Waals surface area contributed by atoms with Crippen LogP contribution in [0.25, 0.3) is 0 Å². The van der Waals surface area contributed by atoms with Gasteiger partial charge in [-0.2, -0.15) is 10.2 Å². The van der Waals surface area contributed by atoms with Crippen molar-refractivity contribution in [1.82, 2.24) is 15.6 Å². The van der Waals surface area contributed by atoms with Gasteiger partial charge in [-0.3, -0.25) is 4.99 Å². The average Bonchev–Trinajstić information content (AvgIpc) is 2.99. The van der Waals surface area contributed by atoms with Gasteiger partial charge in [0, 0.05) is 5.56 Å². The first-order chi connectivity index (χ1) is 6.40. The third-order valence-corrected chi connectivity index (χ3v) is 1.85. The second-order valence-corrected chi connectivity index (χ2v) is 2.98. The predicted molar refractivity (Wildman–Crippen MR) is 48.9 cm³/mol. The minimum Gasteiger partial charge on any atom is -0.308 e. The van der Waals surface area contributed by atoms with Crippen LogP contribution in [0, 0.1) is 0 Å². The van der Waals surface area contributed by atoms with E-state index in [4.69, 9.17) is 5.84 Å². The Bertz CT molecular complexity index is 304. The highest BCUT2D eigenvalue weighted by atomic mass is 15.3. The van der Waals surface area contributed by atoms with E-state index in [1.807, 2.05) is 6.07 Å². The molecule has 1 aliphatic carbocycles. The van der Waals surface area contributed by atoms with Crippen molar-refractivity contribution in [2.24, 2.45) is 10.8 Å². The first-order valence-corrected chi connectivity index (χ1v) is 4.21. The zero-order chi connectivity index (χ0) is 9.10. The lowest BCUT2D eigenvalue weighted by Crippen LogP contribution is -2.31. The van der Waals surface area contributed by atoms with Crippen molar-refractivity contribution in [3.8, 4) is 0 Å². The molecule has 1 aliphatic rings. The lowest BCUT2D eigenvalue weighted by molar-refractivity contribution is 0.959. The van der Waals surface area contributed by atoms with E-state index in [1.165, 1.54) is 0 Å². The summed E-state index contributed by atoms with van der Waals surface area (Å²) in [5.41, 5.74) is 3.45. The molecule has 13 heavy (non-hydrogen) atoms. The maximum atomic E-state index is 5.35. The molecule has 1 aromatic heterocycles. The van der Waals surface area contributed by atoms with E-state index >= 15 is 0 Å². The Morgan fingerprint density at radius 2 is 2.38 bits per heavy atom. The normalized spacial score (nSPS) is 17.2. The van der Waals surface area contributed by atoms with E-state index in [2.05, 4.69) is 20.6 Å². The van der Waals surface area contributed by atoms with Crippen molar-refractivity contribution in [3.05, 3.63) is 24.0 Å². The molecule has 1 saturated carbocycles. The van der Waals surface area contributed by atoms with E-state index < -0.39 is 0 Å². The van der Waals surface area contributed by atoms with Gasteiger partial charge < -0.3 is 5.43 Å². The van der Waals surface area contributed by atoms with E-state index in [0.29, 0.717) is 11.9 Å². The van der Waals surface area contributed by atoms with E-state index in [9.17, 15) is 0 Å². The third kappa shape index (κ3) is 2.00. The molecule has 5 nitrogen and oxygen atoms in total. The van der Waals surface area contributed by atoms with Gasteiger partial charge in [-0.1, -0.05) is 0 Å². The maximum absolute atomic E-state index is 5.35. The number of nitrogens with zero attached hydrogens (tertiary/aromatic N) is 3. The number of hydrazine groups is 1. The van der Waals surface area contributed by atoms with Crippen LogP contribution in [0.4, 0.5) is 0 Å². The summed E-state index contributed by atoms with van der Waals surface area (Å²) in [6, 6.07) is 2.27. The van der Waals surface area contributed by atoms with Crippen molar-refractivity contribution >= 4 is 5.84 Å². The summed E-state index contributed by atoms with van der Waals surface area (Å²) in [7, 11) is 0. The predicted octanol–water partition coefficient (Wildman–Crippen LogP) is -0.151. The van der Waals surface area contributed by atoms with Crippen molar-refractivity contribution < 1.29 is 0 Å². The largest absolute Gasteiger partial charge is 0.308 e. The first kappa shape index (κ1) is 8.12. The lowest BCUT2D eigenvalue weighted by Gasteiger charge is -2.03. The summed E-state index contributed by atoms with van der Waals surface area (Å²) in [4.78, 5) is 4.39. The highest BCUT2D eigenvalue weighted by molar-refractivity contribution is 5.98. The fourth-order valence-electron chi connectivity index (χ4n) is 1.01. The quantitative estimate of drug-likeness (QED) is 0.285. The van der Waals surface area contributed by atoms with Gasteiger partial charge in [-0.15, -0.1) is 0 Å². The summed E-state index contributed by atoms with van der Waals surface area (Å²) in [6.07, 6.45) is 5.57. The summed E-state index contributed by atoms with van der Waals surface area (Å²) >= 11 is 0. The molecular weight excluding hydrogens is 166 g/mol. The number of rotatable bonds is 2. The van der Waals surface area contributed by atoms with Gasteiger partial charge in [0.05, 0.1) is 18.4 Å². The van der Waals surface area contributed by atoms with Gasteiger partial charge in [0.1, 0.15) is 5.84 Å². The summed E-state index contributed by atoms with van der Waals surface area (Å²) in [5.74, 6) is 6.04. The number of hydrogen-bond donors (Lipinski definition) is 2. The summed E-state index contributed by atoms with van der Waals surface area (Å²) < 4.78 is 0. The molecule has 1 heterocycles. The molecule has 0 spiro atoms. The fraction of sp³-hybridized carbons (Fsp3) is 0.375. The summed E-state index contributed by atoms with van der Waals surface area (Å²) in [5, 5.41) is 7.44. The lowest BCUT2D eigenvalue weighted by atomic mass is 10.3. The van der Waals surface area contributed by atoms with Gasteiger partial charge in [0.2, 0.25) is 0 Å². The van der Waals surface area contributed by atoms with Gasteiger partial charge in [0.15, 0.2) is 0 Å². The maximum Gasteiger partial charge on any atom is 0.144 e. The molecule has 2 rings (SSSR count). The molecule has 0 saturated heterocycles. The van der Waals surface area contributed by atoms with Crippen molar-refractivity contribution in [3.63, 3.8) is 0 Å². The van der Waals surface area contributed by atoms with Gasteiger partial charge in [0.25, 0.3) is 0 Å². The average molecular weight is 177 g/mol. The molecule has 0 bridgehead atoms. The number of hydrogen-bond acceptors (Lipinski definition) is 4. The third-order valence-electron chi connectivity index (χ3n) is 1.85. The van der Waals surface area contributed by atoms with Crippen LogP contribution in [-0.2, 0) is 0 Å². The van der Waals surface area contributed by atoms with Crippen LogP contribution in [0.3, 0.4) is 0 Å². The van der Waals surface area contributed by atoms with E-state index in [1.54, 1.807) is 12.4 Å². The summed E-state index contributed by atoms with van der Waals surface area (Å²) in [6.45, 7) is 0. The van der Waals surface area contributed by atoms with Crippen LogP contribution >= 0.6 is 0 Å². The minimum absolute atomic E-state index is 0.444. The Balaban J connectivity index is 2.21. The number of aromatic nitrogens is 2. The molecule has 0 atom stereocenters. The van der Waals surface area contributed by atoms with Crippen LogP contribution in [0.1, 0.15) is 18.4 Å². The fourth-order valence-corrected chi connectivity index (χ4v) is 1.01. The van der Waals surface area contributed by atoms with Crippen LogP contribution in [-0.4, -0.2) is 22.1 Å². The van der Waals surface area contributed by atoms with Crippen LogP contribution in [0.2, 0.25) is 0 Å². The van der Waals surface area contributed by atoms with Crippen LogP contribution in [0.15, 0.2) is 23.5 Å². The molecule has 0 unspecified atom stereocenters. The van der Waals surface area contributed by atoms with Gasteiger partial charge >= 0.3 is 0 Å². The molecule has 1 fully saturated rings. The zero-order valence-electron chi connectivity index (χ0n) is 7.14. The van der Waals surface area contributed by atoms with Gasteiger partial charge in [-0.25, -0.2) is 5.84 Å². The number of aliphatic imine (C=N–C) groups is 1. The Labute approximate surface area is 76.0 Å². The monoisotopic (exact) mass is 177 g/mol. The molecule has 1 aromatic rings. The molecule has 0 amide bonds. The molecular formula is C8H11N5. The van der Waals surface area contributed by atoms with Crippen molar-refractivity contribution in [1.29, 1.82) is 0 Å². The molecule has 0 aliphatic heterocycles. The Morgan fingerprint density at radius 1 is 1.54 bits per heavy atom. The second-order valence-electron chi connectivity index (χ2n) is 2.98. The minimum atomic E-state index is 0.444. The van der Waals surface area contributed by atoms with E-state index in [0.717, 1.165) is 18.4 Å². The van der Waals surface area contributed by atoms with Gasteiger partial charge in [-0.05, 0) is 18.9 Å². The molecule has 3 N–H and O–H groups in total. The standard InChI is InChI=1S/C8H11N5/c9-13-8(12-7-1-2-7)6-3-4-10-11-5-6/h3-5,7H,1-2,9H2,(H,12,13). The van der Waals surface area contributed by atoms with Crippen molar-refractivity contribution in [2.45, 2.75) is 18.9 Å². The molecule has 0 aromatic carbocycles. The SMILES string of the molecule is NNC(=NC1CC1)c1ccnnc1. The molecule has 5 heteroatoms. The second kappa shape index (κ2) is 3.49. The Morgan fingerprint density at radius 3 is 2.92 bits per heavy atom. The molecule has 0 radical (unpaired) electrons. The topological polar surface area (TPSA) is 76.2 Å². The van der Waals surface area contributed by atoms with Crippen LogP contribution < -0.4 is 11.3 Å². The zero-order valence-corrected chi connectivity index (χ0v) is 7.14. The van der Waals surface area contributed by atoms with Crippen LogP contribution in [0.5, 0.6) is 0 Å². The van der Waals surface area contributed by atoms with Crippen molar-refractivity contribution in [2.75, 3.05) is 0 Å².